The van der Waals surface area contributed by atoms with Gasteiger partial charge in [-0.2, -0.15) is 5.26 Å². The Bertz CT molecular complexity index is 525. The average molecular weight is 264 g/mol. The topological polar surface area (TPSA) is 105 Å². The quantitative estimate of drug-likeness (QED) is 0.772. The predicted molar refractivity (Wildman–Crippen MR) is 72.4 cm³/mol. The summed E-state index contributed by atoms with van der Waals surface area (Å²) in [5.41, 5.74) is 11.8. The van der Waals surface area contributed by atoms with Gasteiger partial charge in [-0.3, -0.25) is 4.79 Å². The number of rotatable bonds is 4. The molecule has 18 heavy (non-hydrogen) atoms. The Hall–Kier alpha value is -1.74. The highest BCUT2D eigenvalue weighted by Gasteiger charge is 2.32. The number of anilines is 2. The summed E-state index contributed by atoms with van der Waals surface area (Å²) < 4.78 is 0. The third-order valence-corrected chi connectivity index (χ3v) is 4.60. The van der Waals surface area contributed by atoms with Gasteiger partial charge in [-0.15, -0.1) is 11.3 Å². The van der Waals surface area contributed by atoms with Gasteiger partial charge in [-0.05, 0) is 18.3 Å². The summed E-state index contributed by atoms with van der Waals surface area (Å²) in [6, 6.07) is 1.98. The summed E-state index contributed by atoms with van der Waals surface area (Å²) in [4.78, 5) is 11.7. The van der Waals surface area contributed by atoms with E-state index in [1.807, 2.05) is 6.07 Å². The minimum Gasteiger partial charge on any atom is -0.396 e. The van der Waals surface area contributed by atoms with Gasteiger partial charge in [0.1, 0.15) is 15.9 Å². The van der Waals surface area contributed by atoms with Crippen LogP contribution in [0.1, 0.15) is 41.4 Å². The standard InChI is InChI=1S/C12H16N4OS/c1-12(3-2-4-12)6-16-11-8(10(15)17)9(14)7(5-13)18-11/h16H,2-4,6,14H2,1H3,(H2,15,17). The van der Waals surface area contributed by atoms with Crippen molar-refractivity contribution in [1.82, 2.24) is 0 Å². The average Bonchev–Trinajstić information content (AvgIpc) is 2.60. The maximum absolute atomic E-state index is 11.4. The molecule has 1 aromatic rings. The van der Waals surface area contributed by atoms with Crippen LogP contribution in [0.3, 0.4) is 0 Å². The normalized spacial score (nSPS) is 16.7. The van der Waals surface area contributed by atoms with E-state index in [1.165, 1.54) is 30.6 Å². The molecule has 0 atom stereocenters. The van der Waals surface area contributed by atoms with Crippen LogP contribution in [-0.2, 0) is 0 Å². The van der Waals surface area contributed by atoms with Crippen molar-refractivity contribution < 1.29 is 4.79 Å². The molecule has 96 valence electrons. The van der Waals surface area contributed by atoms with Crippen LogP contribution in [-0.4, -0.2) is 12.5 Å². The van der Waals surface area contributed by atoms with E-state index in [0.29, 0.717) is 9.88 Å². The van der Waals surface area contributed by atoms with Gasteiger partial charge in [0.15, 0.2) is 0 Å². The molecule has 0 aliphatic heterocycles. The number of nitriles is 1. The van der Waals surface area contributed by atoms with E-state index in [-0.39, 0.29) is 16.7 Å². The Kier molecular flexibility index (Phi) is 3.18. The largest absolute Gasteiger partial charge is 0.396 e. The Morgan fingerprint density at radius 3 is 2.72 bits per heavy atom. The molecule has 0 spiro atoms. The lowest BCUT2D eigenvalue weighted by molar-refractivity contribution is 0.100. The van der Waals surface area contributed by atoms with Crippen molar-refractivity contribution in [2.45, 2.75) is 26.2 Å². The number of primary amides is 1. The lowest BCUT2D eigenvalue weighted by Gasteiger charge is -2.38. The molecule has 1 amide bonds. The summed E-state index contributed by atoms with van der Waals surface area (Å²) >= 11 is 1.19. The highest BCUT2D eigenvalue weighted by molar-refractivity contribution is 7.17. The summed E-state index contributed by atoms with van der Waals surface area (Å²) in [6.45, 7) is 2.98. The first-order chi connectivity index (χ1) is 8.47. The molecule has 0 aromatic carbocycles. The number of carbonyl (C=O) groups is 1. The third kappa shape index (κ3) is 2.14. The van der Waals surface area contributed by atoms with Crippen molar-refractivity contribution in [3.05, 3.63) is 10.4 Å². The van der Waals surface area contributed by atoms with Gasteiger partial charge in [0.2, 0.25) is 0 Å². The van der Waals surface area contributed by atoms with Gasteiger partial charge in [0, 0.05) is 6.54 Å². The fraction of sp³-hybridized carbons (Fsp3) is 0.500. The molecule has 1 aliphatic carbocycles. The second-order valence-electron chi connectivity index (χ2n) is 5.04. The molecule has 1 saturated carbocycles. The maximum atomic E-state index is 11.4. The molecular formula is C12H16N4OS. The number of thiophene rings is 1. The molecular weight excluding hydrogens is 248 g/mol. The van der Waals surface area contributed by atoms with Gasteiger partial charge in [0.25, 0.3) is 5.91 Å². The second-order valence-corrected chi connectivity index (χ2v) is 6.06. The summed E-state index contributed by atoms with van der Waals surface area (Å²) in [6.07, 6.45) is 3.60. The fourth-order valence-corrected chi connectivity index (χ4v) is 3.07. The molecule has 1 aromatic heterocycles. The summed E-state index contributed by atoms with van der Waals surface area (Å²) in [7, 11) is 0. The number of nitrogens with zero attached hydrogens (tertiary/aromatic N) is 1. The van der Waals surface area contributed by atoms with E-state index in [9.17, 15) is 4.79 Å². The van der Waals surface area contributed by atoms with Crippen molar-refractivity contribution >= 4 is 27.9 Å². The molecule has 1 aliphatic rings. The molecule has 5 N–H and O–H groups in total. The molecule has 1 heterocycles. The molecule has 6 heteroatoms. The van der Waals surface area contributed by atoms with Crippen LogP contribution >= 0.6 is 11.3 Å². The molecule has 5 nitrogen and oxygen atoms in total. The van der Waals surface area contributed by atoms with Crippen LogP contribution in [0.25, 0.3) is 0 Å². The van der Waals surface area contributed by atoms with E-state index < -0.39 is 5.91 Å². The van der Waals surface area contributed by atoms with Crippen molar-refractivity contribution in [2.24, 2.45) is 11.1 Å². The Balaban J connectivity index is 2.21. The maximum Gasteiger partial charge on any atom is 0.253 e. The third-order valence-electron chi connectivity index (χ3n) is 3.53. The van der Waals surface area contributed by atoms with Gasteiger partial charge >= 0.3 is 0 Å². The number of nitrogens with two attached hydrogens (primary N) is 2. The van der Waals surface area contributed by atoms with Crippen molar-refractivity contribution in [3.63, 3.8) is 0 Å². The zero-order valence-corrected chi connectivity index (χ0v) is 11.1. The number of amides is 1. The number of nitrogen functional groups attached to an aromatic ring is 1. The second kappa shape index (κ2) is 4.50. The highest BCUT2D eigenvalue weighted by atomic mass is 32.1. The lowest BCUT2D eigenvalue weighted by atomic mass is 9.70. The first-order valence-electron chi connectivity index (χ1n) is 5.83. The van der Waals surface area contributed by atoms with Gasteiger partial charge in [-0.25, -0.2) is 0 Å². The first-order valence-corrected chi connectivity index (χ1v) is 6.64. The van der Waals surface area contributed by atoms with Gasteiger partial charge in [-0.1, -0.05) is 13.3 Å². The van der Waals surface area contributed by atoms with Crippen LogP contribution in [0.2, 0.25) is 0 Å². The van der Waals surface area contributed by atoms with E-state index in [0.717, 1.165) is 6.54 Å². The van der Waals surface area contributed by atoms with Crippen molar-refractivity contribution in [1.29, 1.82) is 5.26 Å². The van der Waals surface area contributed by atoms with Crippen molar-refractivity contribution in [2.75, 3.05) is 17.6 Å². The smallest absolute Gasteiger partial charge is 0.253 e. The molecule has 2 rings (SSSR count). The minimum absolute atomic E-state index is 0.191. The predicted octanol–water partition coefficient (Wildman–Crippen LogP) is 1.90. The number of hydrogen-bond acceptors (Lipinski definition) is 5. The summed E-state index contributed by atoms with van der Waals surface area (Å²) in [5, 5.41) is 12.8. The van der Waals surface area contributed by atoms with Crippen LogP contribution in [0, 0.1) is 16.7 Å². The molecule has 0 radical (unpaired) electrons. The Labute approximate surface area is 110 Å². The Morgan fingerprint density at radius 2 is 2.28 bits per heavy atom. The molecule has 0 unspecified atom stereocenters. The van der Waals surface area contributed by atoms with Gasteiger partial charge < -0.3 is 16.8 Å². The highest BCUT2D eigenvalue weighted by Crippen LogP contribution is 2.42. The summed E-state index contributed by atoms with van der Waals surface area (Å²) in [5.74, 6) is -0.591. The van der Waals surface area contributed by atoms with E-state index >= 15 is 0 Å². The van der Waals surface area contributed by atoms with E-state index in [2.05, 4.69) is 12.2 Å². The van der Waals surface area contributed by atoms with Crippen molar-refractivity contribution in [3.8, 4) is 6.07 Å². The number of hydrogen-bond donors (Lipinski definition) is 3. The minimum atomic E-state index is -0.591. The van der Waals surface area contributed by atoms with Crippen LogP contribution in [0.5, 0.6) is 0 Å². The number of nitrogens with one attached hydrogen (secondary N) is 1. The zero-order valence-electron chi connectivity index (χ0n) is 10.2. The van der Waals surface area contributed by atoms with Crippen LogP contribution < -0.4 is 16.8 Å². The van der Waals surface area contributed by atoms with Crippen LogP contribution in [0.15, 0.2) is 0 Å². The fourth-order valence-electron chi connectivity index (χ4n) is 2.15. The Morgan fingerprint density at radius 1 is 1.61 bits per heavy atom. The van der Waals surface area contributed by atoms with E-state index in [1.54, 1.807) is 0 Å². The molecule has 1 fully saturated rings. The monoisotopic (exact) mass is 264 g/mol. The number of carbonyl (C=O) groups excluding carboxylic acids is 1. The first kappa shape index (κ1) is 12.7. The molecule has 0 bridgehead atoms. The van der Waals surface area contributed by atoms with Crippen LogP contribution in [0.4, 0.5) is 10.7 Å². The van der Waals surface area contributed by atoms with Gasteiger partial charge in [0.05, 0.1) is 11.3 Å². The zero-order chi connectivity index (χ0) is 13.3. The SMILES string of the molecule is CC1(CNc2sc(C#N)c(N)c2C(N)=O)CCC1. The lowest BCUT2D eigenvalue weighted by Crippen LogP contribution is -2.33. The van der Waals surface area contributed by atoms with E-state index in [4.69, 9.17) is 16.7 Å². The molecule has 0 saturated heterocycles.